The molecule has 10 nitrogen and oxygen atoms in total. The number of carbonyl (C=O) groups excluding carboxylic acids is 4. The molecule has 0 bridgehead atoms. The van der Waals surface area contributed by atoms with Crippen molar-refractivity contribution in [2.24, 2.45) is 17.8 Å². The van der Waals surface area contributed by atoms with Crippen LogP contribution >= 0.6 is 0 Å². The van der Waals surface area contributed by atoms with Gasteiger partial charge in [-0.25, -0.2) is 0 Å². The van der Waals surface area contributed by atoms with Crippen LogP contribution in [0.1, 0.15) is 78.4 Å². The molecule has 0 radical (unpaired) electrons. The highest BCUT2D eigenvalue weighted by molar-refractivity contribution is 5.99. The minimum Gasteiger partial charge on any atom is -0.455 e. The number of fused-ring (bicyclic) bond motifs is 2. The molecule has 10 heteroatoms. The number of aliphatic hydroxyl groups excluding tert-OH is 1. The largest absolute Gasteiger partial charge is 0.455 e. The van der Waals surface area contributed by atoms with Crippen LogP contribution in [-0.4, -0.2) is 87.6 Å². The molecule has 0 aromatic heterocycles. The number of esters is 1. The fourth-order valence-corrected chi connectivity index (χ4v) is 7.80. The van der Waals surface area contributed by atoms with E-state index < -0.39 is 59.6 Å². The van der Waals surface area contributed by atoms with E-state index in [1.165, 1.54) is 4.90 Å². The Bertz CT molecular complexity index is 1350. The van der Waals surface area contributed by atoms with Crippen molar-refractivity contribution in [3.8, 4) is 0 Å². The van der Waals surface area contributed by atoms with Crippen LogP contribution in [0.3, 0.4) is 0 Å². The first-order valence-electron chi connectivity index (χ1n) is 16.9. The lowest BCUT2D eigenvalue weighted by Crippen LogP contribution is -2.60. The third-order valence-corrected chi connectivity index (χ3v) is 10.4. The number of carbonyl (C=O) groups is 4. The highest BCUT2D eigenvalue weighted by Crippen LogP contribution is 2.54. The van der Waals surface area contributed by atoms with Crippen molar-refractivity contribution in [3.63, 3.8) is 0 Å². The molecule has 10 atom stereocenters. The fourth-order valence-electron chi connectivity index (χ4n) is 7.80. The number of amides is 3. The number of aliphatic hydroxyl groups is 1. The van der Waals surface area contributed by atoms with Crippen molar-refractivity contribution in [3.05, 3.63) is 60.2 Å². The summed E-state index contributed by atoms with van der Waals surface area (Å²) in [4.78, 5) is 60.0. The fraction of sp³-hybridized carbons (Fsp3) is 0.611. The van der Waals surface area contributed by atoms with Crippen LogP contribution in [-0.2, 0) is 28.7 Å². The number of benzene rings is 1. The standard InChI is InChI=1S/C36H49N3O7/c1-6-14-23(4)38-20-13-19-36-30(33(42)39(32(36)34(38)43)26(21-40)22(3)7-2)29-27(46-36)17-11-12-18-28(41)37-24(5)31(45-35(29)44)25-15-9-8-10-16-25/h8-11,13,15-17,19,22-24,26-27,29-32,40H,6-7,12,14,18,20-21H2,1-5H3,(H,37,41)/b17-11-/t22-,23?,24+,26-,27+,29-,30-,31-,32+,36-/m0/s1. The Balaban J connectivity index is 1.64. The average molecular weight is 636 g/mol. The van der Waals surface area contributed by atoms with Gasteiger partial charge in [0.25, 0.3) is 0 Å². The molecule has 2 fully saturated rings. The number of cyclic esters (lactones) is 1. The topological polar surface area (TPSA) is 125 Å². The summed E-state index contributed by atoms with van der Waals surface area (Å²) in [6.07, 6.45) is 8.55. The molecule has 0 saturated carbocycles. The zero-order valence-electron chi connectivity index (χ0n) is 27.6. The average Bonchev–Trinajstić information content (AvgIpc) is 3.42. The van der Waals surface area contributed by atoms with Gasteiger partial charge in [-0.1, -0.05) is 88.2 Å². The number of hydrogen-bond acceptors (Lipinski definition) is 7. The minimum absolute atomic E-state index is 0.0814. The number of nitrogens with one attached hydrogen (secondary N) is 1. The summed E-state index contributed by atoms with van der Waals surface area (Å²) in [5.74, 6) is -3.66. The van der Waals surface area contributed by atoms with Crippen LogP contribution in [0.4, 0.5) is 0 Å². The van der Waals surface area contributed by atoms with Crippen LogP contribution < -0.4 is 5.32 Å². The first-order valence-corrected chi connectivity index (χ1v) is 16.9. The molecule has 2 saturated heterocycles. The smallest absolute Gasteiger partial charge is 0.313 e. The number of allylic oxidation sites excluding steroid dienone is 1. The molecule has 1 spiro atoms. The summed E-state index contributed by atoms with van der Waals surface area (Å²) in [6.45, 7) is 9.84. The van der Waals surface area contributed by atoms with E-state index in [4.69, 9.17) is 9.47 Å². The Kier molecular flexibility index (Phi) is 10.4. The molecule has 3 amide bonds. The van der Waals surface area contributed by atoms with Gasteiger partial charge in [0.05, 0.1) is 30.7 Å². The third-order valence-electron chi connectivity index (χ3n) is 10.4. The Morgan fingerprint density at radius 2 is 1.80 bits per heavy atom. The summed E-state index contributed by atoms with van der Waals surface area (Å²) < 4.78 is 13.1. The molecule has 4 aliphatic heterocycles. The van der Waals surface area contributed by atoms with Crippen LogP contribution in [0, 0.1) is 17.8 Å². The number of rotatable bonds is 8. The van der Waals surface area contributed by atoms with E-state index in [9.17, 15) is 24.3 Å². The summed E-state index contributed by atoms with van der Waals surface area (Å²) >= 11 is 0. The van der Waals surface area contributed by atoms with E-state index in [2.05, 4.69) is 12.2 Å². The maximum absolute atomic E-state index is 14.8. The summed E-state index contributed by atoms with van der Waals surface area (Å²) in [5, 5.41) is 13.6. The lowest BCUT2D eigenvalue weighted by molar-refractivity contribution is -0.162. The Hall–Kier alpha value is -3.50. The number of nitrogens with zero attached hydrogens (tertiary/aromatic N) is 2. The molecule has 1 aromatic carbocycles. The highest BCUT2D eigenvalue weighted by Gasteiger charge is 2.73. The second kappa shape index (κ2) is 14.1. The zero-order chi connectivity index (χ0) is 33.2. The number of hydrogen-bond donors (Lipinski definition) is 2. The second-order valence-corrected chi connectivity index (χ2v) is 13.3. The van der Waals surface area contributed by atoms with Crippen molar-refractivity contribution in [2.75, 3.05) is 13.2 Å². The van der Waals surface area contributed by atoms with Gasteiger partial charge in [-0.05, 0) is 38.2 Å². The quantitative estimate of drug-likeness (QED) is 0.330. The lowest BCUT2D eigenvalue weighted by Gasteiger charge is -2.41. The second-order valence-electron chi connectivity index (χ2n) is 13.3. The summed E-state index contributed by atoms with van der Waals surface area (Å²) in [7, 11) is 0. The molecule has 1 aromatic rings. The van der Waals surface area contributed by atoms with Gasteiger partial charge >= 0.3 is 5.97 Å². The van der Waals surface area contributed by atoms with E-state index in [1.807, 2.05) is 63.3 Å². The van der Waals surface area contributed by atoms with Gasteiger partial charge in [-0.3, -0.25) is 19.2 Å². The van der Waals surface area contributed by atoms with Crippen LogP contribution in [0.5, 0.6) is 0 Å². The lowest BCUT2D eigenvalue weighted by atomic mass is 9.77. The molecule has 250 valence electrons. The first kappa shape index (κ1) is 33.9. The van der Waals surface area contributed by atoms with Crippen molar-refractivity contribution >= 4 is 23.7 Å². The van der Waals surface area contributed by atoms with Crippen molar-refractivity contribution < 1.29 is 33.8 Å². The molecule has 4 aliphatic rings. The van der Waals surface area contributed by atoms with Crippen molar-refractivity contribution in [1.82, 2.24) is 15.1 Å². The Labute approximate surface area is 272 Å². The molecule has 4 heterocycles. The Morgan fingerprint density at radius 1 is 1.07 bits per heavy atom. The predicted octanol–water partition coefficient (Wildman–Crippen LogP) is 3.70. The molecule has 2 N–H and O–H groups in total. The van der Waals surface area contributed by atoms with Gasteiger partial charge in [-0.2, -0.15) is 0 Å². The molecular weight excluding hydrogens is 586 g/mol. The summed E-state index contributed by atoms with van der Waals surface area (Å²) in [6, 6.07) is 6.89. The molecule has 1 unspecified atom stereocenters. The molecule has 5 rings (SSSR count). The van der Waals surface area contributed by atoms with Gasteiger partial charge < -0.3 is 29.7 Å². The van der Waals surface area contributed by atoms with Gasteiger partial charge in [-0.15, -0.1) is 0 Å². The predicted molar refractivity (Wildman–Crippen MR) is 172 cm³/mol. The van der Waals surface area contributed by atoms with Gasteiger partial charge in [0.1, 0.15) is 23.7 Å². The maximum Gasteiger partial charge on any atom is 0.313 e. The zero-order valence-corrected chi connectivity index (χ0v) is 27.6. The van der Waals surface area contributed by atoms with Gasteiger partial charge in [0, 0.05) is 19.0 Å². The van der Waals surface area contributed by atoms with E-state index in [0.29, 0.717) is 24.9 Å². The highest BCUT2D eigenvalue weighted by atomic mass is 16.6. The first-order chi connectivity index (χ1) is 22.1. The van der Waals surface area contributed by atoms with E-state index in [0.717, 1.165) is 12.8 Å². The third kappa shape index (κ3) is 6.01. The monoisotopic (exact) mass is 635 g/mol. The van der Waals surface area contributed by atoms with E-state index in [1.54, 1.807) is 24.0 Å². The van der Waals surface area contributed by atoms with Crippen molar-refractivity contribution in [2.45, 2.75) is 109 Å². The van der Waals surface area contributed by atoms with Crippen LogP contribution in [0.2, 0.25) is 0 Å². The van der Waals surface area contributed by atoms with Crippen LogP contribution in [0.25, 0.3) is 0 Å². The number of likely N-dealkylation sites (tertiary alicyclic amines) is 1. The maximum atomic E-state index is 14.8. The molecule has 46 heavy (non-hydrogen) atoms. The van der Waals surface area contributed by atoms with Crippen molar-refractivity contribution in [1.29, 1.82) is 0 Å². The minimum atomic E-state index is -1.45. The normalized spacial score (nSPS) is 34.2. The Morgan fingerprint density at radius 3 is 2.48 bits per heavy atom. The van der Waals surface area contributed by atoms with E-state index in [-0.39, 0.29) is 36.8 Å². The molecule has 0 aliphatic carbocycles. The number of ether oxygens (including phenoxy) is 2. The van der Waals surface area contributed by atoms with Gasteiger partial charge in [0.15, 0.2) is 0 Å². The van der Waals surface area contributed by atoms with Gasteiger partial charge in [0.2, 0.25) is 17.7 Å². The van der Waals surface area contributed by atoms with E-state index >= 15 is 0 Å². The van der Waals surface area contributed by atoms with Crippen LogP contribution in [0.15, 0.2) is 54.6 Å². The summed E-state index contributed by atoms with van der Waals surface area (Å²) in [5.41, 5.74) is -0.739. The molecular formula is C36H49N3O7. The SMILES string of the molecule is CCCC(C)N1CC=C[C@]23O[C@@H]4/C=C\CCC(=O)N[C@H](C)[C@@H](c5ccccc5)OC(=O)[C@@H]4[C@H]2C(=O)N([C@@H](CO)[C@@H](C)CC)[C@@H]3C1=O.